The number of hydrogen-bond acceptors (Lipinski definition) is 5. The van der Waals surface area contributed by atoms with Gasteiger partial charge in [-0.25, -0.2) is 4.79 Å². The molecule has 3 N–H and O–H groups in total. The number of benzene rings is 1. The van der Waals surface area contributed by atoms with E-state index in [1.807, 2.05) is 0 Å². The second-order valence-electron chi connectivity index (χ2n) is 5.60. The number of hydrogen-bond donors (Lipinski definition) is 3. The van der Waals surface area contributed by atoms with E-state index < -0.39 is 6.04 Å². The molecule has 0 unspecified atom stereocenters. The molecule has 4 amide bonds. The Kier molecular flexibility index (Phi) is 4.69. The molecule has 2 heterocycles. The number of rotatable bonds is 5. The first kappa shape index (κ1) is 16.6. The summed E-state index contributed by atoms with van der Waals surface area (Å²) in [5.74, 6) is -0.398. The van der Waals surface area contributed by atoms with Crippen LogP contribution in [0.1, 0.15) is 17.5 Å². The van der Waals surface area contributed by atoms with Gasteiger partial charge in [-0.05, 0) is 43.3 Å². The molecule has 2 aromatic rings. The minimum atomic E-state index is -0.549. The second kappa shape index (κ2) is 7.08. The maximum atomic E-state index is 12.2. The van der Waals surface area contributed by atoms with E-state index in [1.54, 1.807) is 43.3 Å². The average molecular weight is 342 g/mol. The van der Waals surface area contributed by atoms with Crippen molar-refractivity contribution in [2.45, 2.75) is 13.0 Å². The predicted octanol–water partition coefficient (Wildman–Crippen LogP) is 1.88. The van der Waals surface area contributed by atoms with Crippen molar-refractivity contribution < 1.29 is 18.8 Å². The van der Waals surface area contributed by atoms with E-state index in [0.29, 0.717) is 24.5 Å². The zero-order valence-electron chi connectivity index (χ0n) is 13.6. The quantitative estimate of drug-likeness (QED) is 0.770. The molecule has 1 saturated heterocycles. The van der Waals surface area contributed by atoms with E-state index >= 15 is 0 Å². The zero-order valence-corrected chi connectivity index (χ0v) is 13.6. The van der Waals surface area contributed by atoms with Crippen LogP contribution in [0.3, 0.4) is 0 Å². The SMILES string of the molecule is C[C@H](Nc1ccc(NC(=O)c2ccco2)cc1)C(=O)N1CCNC1=O. The lowest BCUT2D eigenvalue weighted by Crippen LogP contribution is -2.43. The number of anilines is 2. The summed E-state index contributed by atoms with van der Waals surface area (Å²) < 4.78 is 5.03. The van der Waals surface area contributed by atoms with Crippen molar-refractivity contribution in [1.29, 1.82) is 0 Å². The highest BCUT2D eigenvalue weighted by Crippen LogP contribution is 2.16. The summed E-state index contributed by atoms with van der Waals surface area (Å²) >= 11 is 0. The van der Waals surface area contributed by atoms with Gasteiger partial charge in [-0.1, -0.05) is 0 Å². The van der Waals surface area contributed by atoms with Crippen LogP contribution in [-0.4, -0.2) is 41.9 Å². The summed E-state index contributed by atoms with van der Waals surface area (Å²) in [6, 6.07) is 9.21. The van der Waals surface area contributed by atoms with Gasteiger partial charge in [0.25, 0.3) is 11.8 Å². The molecular formula is C17H18N4O4. The maximum Gasteiger partial charge on any atom is 0.324 e. The van der Waals surface area contributed by atoms with Crippen LogP contribution in [0.4, 0.5) is 16.2 Å². The third-order valence-electron chi connectivity index (χ3n) is 3.76. The van der Waals surface area contributed by atoms with Crippen LogP contribution in [-0.2, 0) is 4.79 Å². The molecule has 8 heteroatoms. The summed E-state index contributed by atoms with van der Waals surface area (Å²) in [6.45, 7) is 2.54. The Morgan fingerprint density at radius 1 is 1.20 bits per heavy atom. The summed E-state index contributed by atoms with van der Waals surface area (Å²) in [6.07, 6.45) is 1.43. The van der Waals surface area contributed by atoms with Crippen molar-refractivity contribution in [1.82, 2.24) is 10.2 Å². The van der Waals surface area contributed by atoms with Crippen LogP contribution >= 0.6 is 0 Å². The molecule has 1 atom stereocenters. The van der Waals surface area contributed by atoms with Gasteiger partial charge in [-0.2, -0.15) is 0 Å². The van der Waals surface area contributed by atoms with E-state index in [2.05, 4.69) is 16.0 Å². The molecule has 0 aliphatic carbocycles. The average Bonchev–Trinajstić information content (AvgIpc) is 3.27. The molecule has 1 aromatic carbocycles. The Labute approximate surface area is 144 Å². The lowest BCUT2D eigenvalue weighted by molar-refractivity contribution is -0.128. The van der Waals surface area contributed by atoms with Gasteiger partial charge in [-0.3, -0.25) is 14.5 Å². The smallest absolute Gasteiger partial charge is 0.324 e. The van der Waals surface area contributed by atoms with Crippen LogP contribution < -0.4 is 16.0 Å². The topological polar surface area (TPSA) is 104 Å². The fourth-order valence-corrected chi connectivity index (χ4v) is 2.48. The molecule has 0 saturated carbocycles. The van der Waals surface area contributed by atoms with Crippen molar-refractivity contribution in [2.75, 3.05) is 23.7 Å². The van der Waals surface area contributed by atoms with Gasteiger partial charge in [0, 0.05) is 24.5 Å². The number of carbonyl (C=O) groups is 3. The fourth-order valence-electron chi connectivity index (χ4n) is 2.48. The molecular weight excluding hydrogens is 324 g/mol. The number of amides is 4. The minimum absolute atomic E-state index is 0.227. The van der Waals surface area contributed by atoms with Crippen LogP contribution in [0.2, 0.25) is 0 Å². The summed E-state index contributed by atoms with van der Waals surface area (Å²) in [5.41, 5.74) is 1.31. The molecule has 3 rings (SSSR count). The second-order valence-corrected chi connectivity index (χ2v) is 5.60. The molecule has 0 spiro atoms. The number of nitrogens with zero attached hydrogens (tertiary/aromatic N) is 1. The molecule has 8 nitrogen and oxygen atoms in total. The molecule has 1 aliphatic heterocycles. The first-order valence-electron chi connectivity index (χ1n) is 7.85. The molecule has 1 aliphatic rings. The van der Waals surface area contributed by atoms with Gasteiger partial charge < -0.3 is 20.4 Å². The Hall–Kier alpha value is -3.29. The third-order valence-corrected chi connectivity index (χ3v) is 3.76. The largest absolute Gasteiger partial charge is 0.459 e. The molecule has 1 fully saturated rings. The first-order chi connectivity index (χ1) is 12.0. The van der Waals surface area contributed by atoms with Crippen molar-refractivity contribution in [3.8, 4) is 0 Å². The van der Waals surface area contributed by atoms with Crippen molar-refractivity contribution in [3.63, 3.8) is 0 Å². The lowest BCUT2D eigenvalue weighted by atomic mass is 10.2. The van der Waals surface area contributed by atoms with E-state index in [0.717, 1.165) is 0 Å². The van der Waals surface area contributed by atoms with Crippen molar-refractivity contribution in [3.05, 3.63) is 48.4 Å². The highest BCUT2D eigenvalue weighted by atomic mass is 16.3. The summed E-state index contributed by atoms with van der Waals surface area (Å²) in [4.78, 5) is 36.9. The van der Waals surface area contributed by atoms with Gasteiger partial charge in [0.2, 0.25) is 0 Å². The number of urea groups is 1. The normalized spacial score (nSPS) is 14.8. The maximum absolute atomic E-state index is 12.2. The van der Waals surface area contributed by atoms with E-state index in [4.69, 9.17) is 4.42 Å². The molecule has 0 bridgehead atoms. The van der Waals surface area contributed by atoms with Gasteiger partial charge in [0.1, 0.15) is 6.04 Å². The highest BCUT2D eigenvalue weighted by Gasteiger charge is 2.29. The third kappa shape index (κ3) is 3.79. The van der Waals surface area contributed by atoms with Gasteiger partial charge in [-0.15, -0.1) is 0 Å². The molecule has 1 aromatic heterocycles. The van der Waals surface area contributed by atoms with Crippen LogP contribution in [0.25, 0.3) is 0 Å². The zero-order chi connectivity index (χ0) is 17.8. The lowest BCUT2D eigenvalue weighted by Gasteiger charge is -2.19. The monoisotopic (exact) mass is 342 g/mol. The number of nitrogens with one attached hydrogen (secondary N) is 3. The Bertz CT molecular complexity index is 770. The number of carbonyl (C=O) groups excluding carboxylic acids is 3. The first-order valence-corrected chi connectivity index (χ1v) is 7.85. The van der Waals surface area contributed by atoms with Crippen molar-refractivity contribution >= 4 is 29.2 Å². The summed E-state index contributed by atoms with van der Waals surface area (Å²) in [5, 5.41) is 8.35. The Balaban J connectivity index is 1.57. The summed E-state index contributed by atoms with van der Waals surface area (Å²) in [7, 11) is 0. The van der Waals surface area contributed by atoms with E-state index in [9.17, 15) is 14.4 Å². The molecule has 130 valence electrons. The van der Waals surface area contributed by atoms with Gasteiger partial charge >= 0.3 is 6.03 Å². The van der Waals surface area contributed by atoms with Crippen molar-refractivity contribution in [2.24, 2.45) is 0 Å². The van der Waals surface area contributed by atoms with Gasteiger partial charge in [0.15, 0.2) is 5.76 Å². The van der Waals surface area contributed by atoms with Crippen LogP contribution in [0.15, 0.2) is 47.1 Å². The van der Waals surface area contributed by atoms with Crippen LogP contribution in [0.5, 0.6) is 0 Å². The highest BCUT2D eigenvalue weighted by molar-refractivity contribution is 6.02. The minimum Gasteiger partial charge on any atom is -0.459 e. The van der Waals surface area contributed by atoms with E-state index in [-0.39, 0.29) is 23.6 Å². The Morgan fingerprint density at radius 3 is 2.52 bits per heavy atom. The van der Waals surface area contributed by atoms with Gasteiger partial charge in [0.05, 0.1) is 6.26 Å². The standard InChI is InChI=1S/C17H18N4O4/c1-11(16(23)21-9-8-18-17(21)24)19-12-4-6-13(7-5-12)20-15(22)14-3-2-10-25-14/h2-7,10-11,19H,8-9H2,1H3,(H,18,24)(H,20,22)/t11-/m0/s1. The molecule has 0 radical (unpaired) electrons. The number of imide groups is 1. The predicted molar refractivity (Wildman–Crippen MR) is 91.3 cm³/mol. The molecule has 25 heavy (non-hydrogen) atoms. The fraction of sp³-hybridized carbons (Fsp3) is 0.235. The Morgan fingerprint density at radius 2 is 1.92 bits per heavy atom. The van der Waals surface area contributed by atoms with E-state index in [1.165, 1.54) is 11.2 Å². The number of furan rings is 1. The van der Waals surface area contributed by atoms with Crippen LogP contribution in [0, 0.1) is 0 Å².